The second-order valence-corrected chi connectivity index (χ2v) is 6.15. The monoisotopic (exact) mass is 344 g/mol. The number of ether oxygens (including phenoxy) is 1. The van der Waals surface area contributed by atoms with Crippen molar-refractivity contribution in [2.45, 2.75) is 20.0 Å². The Kier molecular flexibility index (Phi) is 4.44. The van der Waals surface area contributed by atoms with Gasteiger partial charge in [0.1, 0.15) is 12.3 Å². The van der Waals surface area contributed by atoms with Gasteiger partial charge < -0.3 is 10.1 Å². The van der Waals surface area contributed by atoms with Gasteiger partial charge in [0.2, 0.25) is 5.91 Å². The van der Waals surface area contributed by atoms with E-state index in [4.69, 9.17) is 16.3 Å². The van der Waals surface area contributed by atoms with Crippen LogP contribution in [0.15, 0.2) is 42.5 Å². The molecule has 2 amide bonds. The van der Waals surface area contributed by atoms with Crippen LogP contribution in [-0.4, -0.2) is 24.5 Å². The first-order valence-electron chi connectivity index (χ1n) is 7.58. The van der Waals surface area contributed by atoms with Crippen LogP contribution < -0.4 is 15.0 Å². The van der Waals surface area contributed by atoms with Crippen LogP contribution in [0.5, 0.6) is 5.75 Å². The summed E-state index contributed by atoms with van der Waals surface area (Å²) < 4.78 is 5.60. The third-order valence-electron chi connectivity index (χ3n) is 3.75. The number of benzene rings is 2. The van der Waals surface area contributed by atoms with E-state index in [0.717, 1.165) is 5.56 Å². The lowest BCUT2D eigenvalue weighted by Gasteiger charge is -2.32. The number of nitrogens with zero attached hydrogens (tertiary/aromatic N) is 1. The van der Waals surface area contributed by atoms with E-state index in [1.807, 2.05) is 25.1 Å². The molecule has 1 aliphatic rings. The van der Waals surface area contributed by atoms with Gasteiger partial charge in [-0.1, -0.05) is 17.7 Å². The van der Waals surface area contributed by atoms with Gasteiger partial charge in [-0.05, 0) is 55.8 Å². The molecule has 1 N–H and O–H groups in total. The van der Waals surface area contributed by atoms with Crippen LogP contribution in [0.3, 0.4) is 0 Å². The first-order valence-corrected chi connectivity index (χ1v) is 7.96. The van der Waals surface area contributed by atoms with E-state index in [0.29, 0.717) is 22.1 Å². The molecule has 0 aliphatic carbocycles. The van der Waals surface area contributed by atoms with Crippen molar-refractivity contribution in [3.8, 4) is 5.75 Å². The number of fused-ring (bicyclic) bond motifs is 1. The number of hydrogen-bond donors (Lipinski definition) is 1. The van der Waals surface area contributed by atoms with Crippen molar-refractivity contribution in [1.29, 1.82) is 0 Å². The van der Waals surface area contributed by atoms with Crippen LogP contribution in [-0.2, 0) is 9.59 Å². The SMILES string of the molecule is Cc1ccc2c(c1)N(CC(=O)Nc1ccc(Cl)cc1)C(=O)[C@H](C)O2. The third kappa shape index (κ3) is 3.36. The summed E-state index contributed by atoms with van der Waals surface area (Å²) in [4.78, 5) is 26.2. The van der Waals surface area contributed by atoms with Crippen LogP contribution in [0.1, 0.15) is 12.5 Å². The lowest BCUT2D eigenvalue weighted by Crippen LogP contribution is -2.47. The molecule has 0 saturated carbocycles. The topological polar surface area (TPSA) is 58.6 Å². The minimum absolute atomic E-state index is 0.0778. The van der Waals surface area contributed by atoms with Gasteiger partial charge in [-0.25, -0.2) is 0 Å². The molecule has 2 aromatic rings. The number of amides is 2. The number of hydrogen-bond acceptors (Lipinski definition) is 3. The highest BCUT2D eigenvalue weighted by atomic mass is 35.5. The Bertz CT molecular complexity index is 789. The molecule has 0 unspecified atom stereocenters. The Hall–Kier alpha value is -2.53. The average molecular weight is 345 g/mol. The van der Waals surface area contributed by atoms with E-state index < -0.39 is 6.10 Å². The van der Waals surface area contributed by atoms with Crippen molar-refractivity contribution < 1.29 is 14.3 Å². The molecular formula is C18H17ClN2O3. The van der Waals surface area contributed by atoms with Crippen molar-refractivity contribution in [1.82, 2.24) is 0 Å². The van der Waals surface area contributed by atoms with Crippen molar-refractivity contribution in [3.63, 3.8) is 0 Å². The molecule has 24 heavy (non-hydrogen) atoms. The van der Waals surface area contributed by atoms with E-state index in [2.05, 4.69) is 5.32 Å². The van der Waals surface area contributed by atoms with Crippen molar-refractivity contribution >= 4 is 34.8 Å². The Labute approximate surface area is 145 Å². The van der Waals surface area contributed by atoms with Crippen LogP contribution in [0.25, 0.3) is 0 Å². The van der Waals surface area contributed by atoms with E-state index in [9.17, 15) is 9.59 Å². The Morgan fingerprint density at radius 3 is 2.67 bits per heavy atom. The summed E-state index contributed by atoms with van der Waals surface area (Å²) in [6.45, 7) is 3.52. The van der Waals surface area contributed by atoms with Gasteiger partial charge in [0, 0.05) is 10.7 Å². The second kappa shape index (κ2) is 6.53. The molecule has 1 aliphatic heterocycles. The maximum Gasteiger partial charge on any atom is 0.268 e. The fraction of sp³-hybridized carbons (Fsp3) is 0.222. The number of carbonyl (C=O) groups is 2. The third-order valence-corrected chi connectivity index (χ3v) is 4.00. The lowest BCUT2D eigenvalue weighted by atomic mass is 10.1. The number of carbonyl (C=O) groups excluding carboxylic acids is 2. The van der Waals surface area contributed by atoms with Gasteiger partial charge in [0.25, 0.3) is 5.91 Å². The van der Waals surface area contributed by atoms with Crippen LogP contribution in [0.4, 0.5) is 11.4 Å². The quantitative estimate of drug-likeness (QED) is 0.928. The van der Waals surface area contributed by atoms with Crippen molar-refractivity contribution in [3.05, 3.63) is 53.1 Å². The Balaban J connectivity index is 1.80. The van der Waals surface area contributed by atoms with E-state index in [1.165, 1.54) is 4.90 Å². The zero-order valence-corrected chi connectivity index (χ0v) is 14.1. The zero-order valence-electron chi connectivity index (χ0n) is 13.4. The fourth-order valence-corrected chi connectivity index (χ4v) is 2.68. The van der Waals surface area contributed by atoms with E-state index in [-0.39, 0.29) is 18.4 Å². The van der Waals surface area contributed by atoms with Gasteiger partial charge in [0.15, 0.2) is 6.10 Å². The van der Waals surface area contributed by atoms with Gasteiger partial charge in [-0.2, -0.15) is 0 Å². The van der Waals surface area contributed by atoms with Gasteiger partial charge >= 0.3 is 0 Å². The standard InChI is InChI=1S/C18H17ClN2O3/c1-11-3-8-16-15(9-11)21(18(23)12(2)24-16)10-17(22)20-14-6-4-13(19)5-7-14/h3-9,12H,10H2,1-2H3,(H,20,22)/t12-/m0/s1. The summed E-state index contributed by atoms with van der Waals surface area (Å²) in [6, 6.07) is 12.4. The predicted molar refractivity (Wildman–Crippen MR) is 93.7 cm³/mol. The van der Waals surface area contributed by atoms with E-state index in [1.54, 1.807) is 31.2 Å². The summed E-state index contributed by atoms with van der Waals surface area (Å²) in [5, 5.41) is 3.36. The summed E-state index contributed by atoms with van der Waals surface area (Å²) in [5.74, 6) is 0.0820. The highest BCUT2D eigenvalue weighted by Crippen LogP contribution is 2.34. The second-order valence-electron chi connectivity index (χ2n) is 5.71. The Morgan fingerprint density at radius 2 is 1.96 bits per heavy atom. The first kappa shape index (κ1) is 16.3. The normalized spacial score (nSPS) is 16.4. The number of anilines is 2. The molecule has 0 bridgehead atoms. The molecule has 5 nitrogen and oxygen atoms in total. The molecule has 2 aromatic carbocycles. The fourth-order valence-electron chi connectivity index (χ4n) is 2.56. The molecule has 0 radical (unpaired) electrons. The summed E-state index contributed by atoms with van der Waals surface area (Å²) >= 11 is 5.83. The molecule has 124 valence electrons. The number of halogens is 1. The molecule has 1 heterocycles. The number of nitrogens with one attached hydrogen (secondary N) is 1. The molecular weight excluding hydrogens is 328 g/mol. The van der Waals surface area contributed by atoms with Gasteiger partial charge in [-0.15, -0.1) is 0 Å². The largest absolute Gasteiger partial charge is 0.479 e. The predicted octanol–water partition coefficient (Wildman–Crippen LogP) is 3.40. The Morgan fingerprint density at radius 1 is 1.25 bits per heavy atom. The van der Waals surface area contributed by atoms with E-state index >= 15 is 0 Å². The highest BCUT2D eigenvalue weighted by molar-refractivity contribution is 6.30. The van der Waals surface area contributed by atoms with Crippen molar-refractivity contribution in [2.24, 2.45) is 0 Å². The molecule has 3 rings (SSSR count). The number of rotatable bonds is 3. The molecule has 0 aromatic heterocycles. The molecule has 0 spiro atoms. The molecule has 6 heteroatoms. The first-order chi connectivity index (χ1) is 11.4. The average Bonchev–Trinajstić information content (AvgIpc) is 2.55. The maximum absolute atomic E-state index is 12.4. The number of aryl methyl sites for hydroxylation is 1. The van der Waals surface area contributed by atoms with Crippen LogP contribution in [0, 0.1) is 6.92 Å². The minimum atomic E-state index is -0.622. The molecule has 0 saturated heterocycles. The summed E-state index contributed by atoms with van der Waals surface area (Å²) in [7, 11) is 0. The summed E-state index contributed by atoms with van der Waals surface area (Å²) in [6.07, 6.45) is -0.622. The minimum Gasteiger partial charge on any atom is -0.479 e. The van der Waals surface area contributed by atoms with Crippen molar-refractivity contribution in [2.75, 3.05) is 16.8 Å². The van der Waals surface area contributed by atoms with Crippen LogP contribution in [0.2, 0.25) is 5.02 Å². The molecule has 0 fully saturated rings. The molecule has 1 atom stereocenters. The summed E-state index contributed by atoms with van der Waals surface area (Å²) in [5.41, 5.74) is 2.23. The van der Waals surface area contributed by atoms with Crippen LogP contribution >= 0.6 is 11.6 Å². The highest BCUT2D eigenvalue weighted by Gasteiger charge is 2.32. The maximum atomic E-state index is 12.4. The van der Waals surface area contributed by atoms with Gasteiger partial charge in [-0.3, -0.25) is 14.5 Å². The van der Waals surface area contributed by atoms with Gasteiger partial charge in [0.05, 0.1) is 5.69 Å². The lowest BCUT2D eigenvalue weighted by molar-refractivity contribution is -0.127. The zero-order chi connectivity index (χ0) is 17.3. The smallest absolute Gasteiger partial charge is 0.268 e.